The quantitative estimate of drug-likeness (QED) is 0.542. The molecule has 13 heteroatoms. The molecule has 0 fully saturated rings. The second-order valence-electron chi connectivity index (χ2n) is 6.06. The number of anilines is 1. The summed E-state index contributed by atoms with van der Waals surface area (Å²) in [5.74, 6) is -0.438. The van der Waals surface area contributed by atoms with Crippen molar-refractivity contribution in [2.75, 3.05) is 11.6 Å². The minimum absolute atomic E-state index is 0.157. The molecule has 0 saturated heterocycles. The topological polar surface area (TPSA) is 116 Å². The number of ether oxygens (including phenoxy) is 1. The van der Waals surface area contributed by atoms with E-state index in [-0.39, 0.29) is 23.0 Å². The summed E-state index contributed by atoms with van der Waals surface area (Å²) in [6.45, 7) is -0.258. The highest BCUT2D eigenvalue weighted by molar-refractivity contribution is 7.90. The predicted molar refractivity (Wildman–Crippen MR) is 103 cm³/mol. The molecule has 9 nitrogen and oxygen atoms in total. The van der Waals surface area contributed by atoms with Crippen molar-refractivity contribution < 1.29 is 26.7 Å². The Hall–Kier alpha value is -3.12. The van der Waals surface area contributed by atoms with Gasteiger partial charge in [0, 0.05) is 29.1 Å². The van der Waals surface area contributed by atoms with Gasteiger partial charge in [0.15, 0.2) is 9.84 Å². The molecule has 1 N–H and O–H groups in total. The van der Waals surface area contributed by atoms with E-state index >= 15 is 0 Å². The van der Waals surface area contributed by atoms with Gasteiger partial charge < -0.3 is 10.1 Å². The molecule has 0 radical (unpaired) electrons. The number of benzene rings is 2. The highest BCUT2D eigenvalue weighted by atomic mass is 35.5. The Kier molecular flexibility index (Phi) is 5.99. The Labute approximate surface area is 174 Å². The van der Waals surface area contributed by atoms with Crippen LogP contribution in [0.1, 0.15) is 0 Å². The summed E-state index contributed by atoms with van der Waals surface area (Å²) in [5.41, 5.74) is -2.96. The van der Waals surface area contributed by atoms with Crippen LogP contribution in [0, 0.1) is 0 Å². The maximum Gasteiger partial charge on any atom is 0.487 e. The molecule has 1 aromatic heterocycles. The van der Waals surface area contributed by atoms with Crippen molar-refractivity contribution in [3.05, 3.63) is 48.5 Å². The Bertz CT molecular complexity index is 1150. The summed E-state index contributed by atoms with van der Waals surface area (Å²) in [7, 11) is -3.32. The number of aromatic nitrogens is 4. The number of nitrogens with one attached hydrogen (secondary N) is 1. The lowest BCUT2D eigenvalue weighted by atomic mass is 10.2. The van der Waals surface area contributed by atoms with Crippen molar-refractivity contribution >= 4 is 33.0 Å². The Morgan fingerprint density at radius 1 is 1.17 bits per heavy atom. The molecule has 30 heavy (non-hydrogen) atoms. The summed E-state index contributed by atoms with van der Waals surface area (Å²) in [4.78, 5) is 13.3. The third-order valence-corrected chi connectivity index (χ3v) is 4.86. The van der Waals surface area contributed by atoms with Crippen LogP contribution < -0.4 is 10.1 Å². The summed E-state index contributed by atoms with van der Waals surface area (Å²) in [6, 6.07) is 11.1. The van der Waals surface area contributed by atoms with Gasteiger partial charge in [-0.15, -0.1) is 19.0 Å². The first-order chi connectivity index (χ1) is 14.0. The van der Waals surface area contributed by atoms with Crippen molar-refractivity contribution in [3.8, 4) is 17.1 Å². The molecule has 1 amide bonds. The number of carbonyl (C=O) groups excluding carboxylic acids is 1. The Balaban J connectivity index is 1.61. The van der Waals surface area contributed by atoms with Gasteiger partial charge in [-0.05, 0) is 53.7 Å². The predicted octanol–water partition coefficient (Wildman–Crippen LogP) is 2.55. The molecule has 3 aromatic rings. The van der Waals surface area contributed by atoms with Crippen LogP contribution in [-0.4, -0.2) is 46.4 Å². The van der Waals surface area contributed by atoms with E-state index in [0.717, 1.165) is 11.1 Å². The number of rotatable bonds is 7. The van der Waals surface area contributed by atoms with Crippen LogP contribution in [0.4, 0.5) is 14.5 Å². The number of alkyl halides is 3. The fourth-order valence-electron chi connectivity index (χ4n) is 2.35. The number of amides is 1. The molecule has 0 unspecified atom stereocenters. The highest BCUT2D eigenvalue weighted by Crippen LogP contribution is 2.26. The summed E-state index contributed by atoms with van der Waals surface area (Å²) in [5, 5.41) is 14.2. The standard InChI is InChI=1S/C17H14ClF2N5O4S/c1-30(27,28)14-8-2-11(3-9-14)16-22-24-25(23-16)10-15(26)21-12-4-6-13(7-5-12)29-17(18,19)20/h2-9H,10H2,1H3,(H,21,26). The van der Waals surface area contributed by atoms with Crippen LogP contribution in [0.15, 0.2) is 53.4 Å². The second-order valence-corrected chi connectivity index (χ2v) is 8.52. The molecule has 0 saturated carbocycles. The number of tetrazole rings is 1. The molecule has 0 aliphatic carbocycles. The van der Waals surface area contributed by atoms with Crippen LogP contribution in [0.25, 0.3) is 11.4 Å². The smallest absolute Gasteiger partial charge is 0.420 e. The number of carbonyl (C=O) groups is 1. The third kappa shape index (κ3) is 5.94. The normalized spacial score (nSPS) is 11.9. The summed E-state index contributed by atoms with van der Waals surface area (Å²) < 4.78 is 52.3. The molecule has 0 bridgehead atoms. The highest BCUT2D eigenvalue weighted by Gasteiger charge is 2.27. The zero-order valence-corrected chi connectivity index (χ0v) is 16.9. The van der Waals surface area contributed by atoms with Gasteiger partial charge in [-0.25, -0.2) is 8.42 Å². The van der Waals surface area contributed by atoms with Gasteiger partial charge in [-0.3, -0.25) is 4.79 Å². The lowest BCUT2D eigenvalue weighted by Gasteiger charge is -2.11. The van der Waals surface area contributed by atoms with Crippen LogP contribution in [0.5, 0.6) is 5.75 Å². The minimum atomic E-state index is -3.83. The van der Waals surface area contributed by atoms with Crippen molar-refractivity contribution in [2.45, 2.75) is 17.0 Å². The Morgan fingerprint density at radius 2 is 1.80 bits per heavy atom. The maximum absolute atomic E-state index is 12.6. The average Bonchev–Trinajstić information content (AvgIpc) is 3.10. The van der Waals surface area contributed by atoms with E-state index in [1.54, 1.807) is 0 Å². The summed E-state index contributed by atoms with van der Waals surface area (Å²) >= 11 is 4.68. The van der Waals surface area contributed by atoms with Gasteiger partial charge in [0.05, 0.1) is 4.90 Å². The van der Waals surface area contributed by atoms with E-state index in [4.69, 9.17) is 0 Å². The fourth-order valence-corrected chi connectivity index (χ4v) is 3.07. The van der Waals surface area contributed by atoms with Gasteiger partial charge in [0.25, 0.3) is 0 Å². The molecule has 3 rings (SSSR count). The zero-order chi connectivity index (χ0) is 21.9. The largest absolute Gasteiger partial charge is 0.487 e. The van der Waals surface area contributed by atoms with Gasteiger partial charge >= 0.3 is 5.57 Å². The van der Waals surface area contributed by atoms with E-state index in [2.05, 4.69) is 37.1 Å². The summed E-state index contributed by atoms with van der Waals surface area (Å²) in [6.07, 6.45) is 1.10. The minimum Gasteiger partial charge on any atom is -0.420 e. The van der Waals surface area contributed by atoms with Gasteiger partial charge in [-0.1, -0.05) is 0 Å². The van der Waals surface area contributed by atoms with Gasteiger partial charge in [0.1, 0.15) is 12.3 Å². The van der Waals surface area contributed by atoms with Crippen molar-refractivity contribution in [3.63, 3.8) is 0 Å². The Morgan fingerprint density at radius 3 is 2.37 bits per heavy atom. The first kappa shape index (κ1) is 21.6. The lowest BCUT2D eigenvalue weighted by molar-refractivity contribution is -0.117. The number of hydrogen-bond donors (Lipinski definition) is 1. The third-order valence-electron chi connectivity index (χ3n) is 3.65. The molecular formula is C17H14ClF2N5O4S. The number of nitrogens with zero attached hydrogens (tertiary/aromatic N) is 4. The van der Waals surface area contributed by atoms with Crippen LogP contribution in [0.3, 0.4) is 0 Å². The van der Waals surface area contributed by atoms with Gasteiger partial charge in [-0.2, -0.15) is 4.80 Å². The molecule has 158 valence electrons. The zero-order valence-electron chi connectivity index (χ0n) is 15.3. The van der Waals surface area contributed by atoms with Gasteiger partial charge in [0.2, 0.25) is 11.7 Å². The monoisotopic (exact) mass is 457 g/mol. The first-order valence-corrected chi connectivity index (χ1v) is 10.5. The van der Waals surface area contributed by atoms with Crippen LogP contribution in [-0.2, 0) is 21.2 Å². The van der Waals surface area contributed by atoms with Crippen molar-refractivity contribution in [1.29, 1.82) is 0 Å². The van der Waals surface area contributed by atoms with Crippen LogP contribution >= 0.6 is 11.6 Å². The van der Waals surface area contributed by atoms with Crippen molar-refractivity contribution in [1.82, 2.24) is 20.2 Å². The molecule has 0 aliphatic heterocycles. The first-order valence-electron chi connectivity index (χ1n) is 8.23. The average molecular weight is 458 g/mol. The molecule has 0 spiro atoms. The SMILES string of the molecule is CS(=O)(=O)c1ccc(-c2nnn(CC(=O)Nc3ccc(OC(F)(F)Cl)cc3)n2)cc1. The lowest BCUT2D eigenvalue weighted by Crippen LogP contribution is -2.20. The maximum atomic E-state index is 12.6. The second kappa shape index (κ2) is 8.32. The van der Waals surface area contributed by atoms with E-state index in [1.165, 1.54) is 48.5 Å². The van der Waals surface area contributed by atoms with E-state index in [1.807, 2.05) is 0 Å². The number of sulfone groups is 1. The van der Waals surface area contributed by atoms with E-state index < -0.39 is 21.3 Å². The molecule has 0 aliphatic rings. The van der Waals surface area contributed by atoms with Crippen LogP contribution in [0.2, 0.25) is 0 Å². The molecule has 2 aromatic carbocycles. The molecule has 0 atom stereocenters. The number of halogens is 3. The van der Waals surface area contributed by atoms with Crippen molar-refractivity contribution in [2.24, 2.45) is 0 Å². The number of hydrogen-bond acceptors (Lipinski definition) is 7. The fraction of sp³-hybridized carbons (Fsp3) is 0.176. The molecule has 1 heterocycles. The van der Waals surface area contributed by atoms with E-state index in [9.17, 15) is 22.0 Å². The van der Waals surface area contributed by atoms with E-state index in [0.29, 0.717) is 11.3 Å². The molecular weight excluding hydrogens is 444 g/mol.